The number of hydrogen-bond donors (Lipinski definition) is 0. The Balaban J connectivity index is 2.50. The molecule has 3 heteroatoms. The summed E-state index contributed by atoms with van der Waals surface area (Å²) in [4.78, 5) is 2.55. The minimum Gasteiger partial charge on any atom is -0.369 e. The van der Waals surface area contributed by atoms with Crippen LogP contribution in [0, 0.1) is 5.92 Å². The van der Waals surface area contributed by atoms with Crippen LogP contribution in [0.5, 0.6) is 0 Å². The summed E-state index contributed by atoms with van der Waals surface area (Å²) in [5, 5.41) is 0.938. The molecule has 0 saturated carbocycles. The van der Waals surface area contributed by atoms with Gasteiger partial charge in [-0.25, -0.2) is 0 Å². The maximum absolute atomic E-state index is 5.98. The van der Waals surface area contributed by atoms with E-state index in [2.05, 4.69) is 48.5 Å². The molecule has 90 valence electrons. The van der Waals surface area contributed by atoms with Gasteiger partial charge in [0.1, 0.15) is 0 Å². The summed E-state index contributed by atoms with van der Waals surface area (Å²) in [6, 6.07) is 0. The number of morpholine rings is 1. The number of hydrogen-bond acceptors (Lipinski definition) is 2. The third-order valence-electron chi connectivity index (χ3n) is 2.99. The van der Waals surface area contributed by atoms with E-state index in [0.717, 1.165) is 24.3 Å². The van der Waals surface area contributed by atoms with Crippen molar-refractivity contribution in [1.29, 1.82) is 0 Å². The summed E-state index contributed by atoms with van der Waals surface area (Å²) >= 11 is 3.52. The molecule has 0 amide bonds. The fourth-order valence-corrected chi connectivity index (χ4v) is 2.54. The number of alkyl halides is 1. The van der Waals surface area contributed by atoms with Gasteiger partial charge in [0.25, 0.3) is 0 Å². The van der Waals surface area contributed by atoms with E-state index in [1.807, 2.05) is 0 Å². The van der Waals surface area contributed by atoms with E-state index in [1.54, 1.807) is 0 Å². The van der Waals surface area contributed by atoms with E-state index in [1.165, 1.54) is 13.0 Å². The summed E-state index contributed by atoms with van der Waals surface area (Å²) in [6.45, 7) is 12.3. The molecular formula is C12H24BrNO. The molecule has 0 radical (unpaired) electrons. The lowest BCUT2D eigenvalue weighted by atomic mass is 10.0. The first-order valence-electron chi connectivity index (χ1n) is 5.93. The van der Waals surface area contributed by atoms with Crippen LogP contribution in [0.15, 0.2) is 0 Å². The molecule has 0 N–H and O–H groups in total. The lowest BCUT2D eigenvalue weighted by Gasteiger charge is -2.43. The zero-order valence-electron chi connectivity index (χ0n) is 10.4. The highest BCUT2D eigenvalue weighted by Crippen LogP contribution is 2.23. The van der Waals surface area contributed by atoms with E-state index in [-0.39, 0.29) is 5.60 Å². The first kappa shape index (κ1) is 13.5. The van der Waals surface area contributed by atoms with E-state index in [9.17, 15) is 0 Å². The molecule has 2 nitrogen and oxygen atoms in total. The fraction of sp³-hybridized carbons (Fsp3) is 1.00. The van der Waals surface area contributed by atoms with Crippen molar-refractivity contribution >= 4 is 15.9 Å². The maximum atomic E-state index is 5.98. The number of nitrogens with zero attached hydrogens (tertiary/aromatic N) is 1. The SMILES string of the molecule is CCC(C)CN1CC(CBr)OC(C)(C)C1. The van der Waals surface area contributed by atoms with Gasteiger partial charge in [-0.3, -0.25) is 4.90 Å². The normalized spacial score (nSPS) is 29.0. The van der Waals surface area contributed by atoms with Gasteiger partial charge in [-0.05, 0) is 19.8 Å². The van der Waals surface area contributed by atoms with Gasteiger partial charge in [0.15, 0.2) is 0 Å². The highest BCUT2D eigenvalue weighted by Gasteiger charge is 2.32. The maximum Gasteiger partial charge on any atom is 0.0806 e. The van der Waals surface area contributed by atoms with Crippen LogP contribution in [-0.4, -0.2) is 41.6 Å². The standard InChI is InChI=1S/C12H24BrNO/c1-5-10(2)7-14-8-11(6-13)15-12(3,4)9-14/h10-11H,5-9H2,1-4H3. The second kappa shape index (κ2) is 5.65. The summed E-state index contributed by atoms with van der Waals surface area (Å²) in [6.07, 6.45) is 1.61. The Morgan fingerprint density at radius 3 is 2.73 bits per heavy atom. The van der Waals surface area contributed by atoms with Gasteiger partial charge in [-0.1, -0.05) is 36.2 Å². The van der Waals surface area contributed by atoms with Crippen LogP contribution in [0.1, 0.15) is 34.1 Å². The van der Waals surface area contributed by atoms with Crippen LogP contribution in [0.3, 0.4) is 0 Å². The topological polar surface area (TPSA) is 12.5 Å². The molecule has 1 aliphatic heterocycles. The van der Waals surface area contributed by atoms with Crippen molar-refractivity contribution in [2.24, 2.45) is 5.92 Å². The monoisotopic (exact) mass is 277 g/mol. The van der Waals surface area contributed by atoms with Crippen molar-refractivity contribution in [3.05, 3.63) is 0 Å². The van der Waals surface area contributed by atoms with Crippen molar-refractivity contribution in [1.82, 2.24) is 4.90 Å². The van der Waals surface area contributed by atoms with Gasteiger partial charge < -0.3 is 4.74 Å². The largest absolute Gasteiger partial charge is 0.369 e. The molecule has 0 aromatic carbocycles. The molecule has 1 heterocycles. The van der Waals surface area contributed by atoms with Crippen LogP contribution in [0.4, 0.5) is 0 Å². The van der Waals surface area contributed by atoms with Crippen molar-refractivity contribution in [3.8, 4) is 0 Å². The minimum absolute atomic E-state index is 0.00412. The van der Waals surface area contributed by atoms with Gasteiger partial charge in [0, 0.05) is 25.0 Å². The Bertz CT molecular complexity index is 194. The lowest BCUT2D eigenvalue weighted by Crippen LogP contribution is -2.54. The molecule has 0 bridgehead atoms. The second-order valence-electron chi connectivity index (χ2n) is 5.36. The van der Waals surface area contributed by atoms with Gasteiger partial charge in [-0.2, -0.15) is 0 Å². The summed E-state index contributed by atoms with van der Waals surface area (Å²) in [7, 11) is 0. The molecule has 1 fully saturated rings. The van der Waals surface area contributed by atoms with Gasteiger partial charge in [0.05, 0.1) is 11.7 Å². The van der Waals surface area contributed by atoms with Crippen molar-refractivity contribution in [2.75, 3.05) is 25.0 Å². The third kappa shape index (κ3) is 4.41. The van der Waals surface area contributed by atoms with Crippen LogP contribution >= 0.6 is 15.9 Å². The summed E-state index contributed by atoms with van der Waals surface area (Å²) in [5.74, 6) is 0.787. The highest BCUT2D eigenvalue weighted by atomic mass is 79.9. The average Bonchev–Trinajstić information content (AvgIpc) is 2.15. The van der Waals surface area contributed by atoms with Crippen LogP contribution in [0.25, 0.3) is 0 Å². The predicted molar refractivity (Wildman–Crippen MR) is 68.6 cm³/mol. The van der Waals surface area contributed by atoms with E-state index >= 15 is 0 Å². The number of halogens is 1. The number of ether oxygens (including phenoxy) is 1. The van der Waals surface area contributed by atoms with Crippen molar-refractivity contribution < 1.29 is 4.74 Å². The predicted octanol–water partition coefficient (Wildman–Crippen LogP) is 2.91. The highest BCUT2D eigenvalue weighted by molar-refractivity contribution is 9.09. The van der Waals surface area contributed by atoms with Gasteiger partial charge >= 0.3 is 0 Å². The summed E-state index contributed by atoms with van der Waals surface area (Å²) < 4.78 is 5.98. The Labute approximate surface area is 102 Å². The van der Waals surface area contributed by atoms with E-state index in [4.69, 9.17) is 4.74 Å². The molecule has 1 saturated heterocycles. The zero-order chi connectivity index (χ0) is 11.5. The van der Waals surface area contributed by atoms with E-state index in [0.29, 0.717) is 6.10 Å². The van der Waals surface area contributed by atoms with Crippen LogP contribution < -0.4 is 0 Å². The zero-order valence-corrected chi connectivity index (χ0v) is 12.0. The molecule has 0 aromatic heterocycles. The first-order chi connectivity index (χ1) is 6.96. The Kier molecular flexibility index (Phi) is 5.07. The third-order valence-corrected chi connectivity index (χ3v) is 3.71. The number of rotatable bonds is 4. The fourth-order valence-electron chi connectivity index (χ4n) is 2.21. The molecule has 1 rings (SSSR count). The Morgan fingerprint density at radius 2 is 2.20 bits per heavy atom. The lowest BCUT2D eigenvalue weighted by molar-refractivity contribution is -0.128. The quantitative estimate of drug-likeness (QED) is 0.733. The van der Waals surface area contributed by atoms with Gasteiger partial charge in [0.2, 0.25) is 0 Å². The first-order valence-corrected chi connectivity index (χ1v) is 7.05. The smallest absolute Gasteiger partial charge is 0.0806 e. The molecule has 1 aliphatic rings. The molecule has 2 unspecified atom stereocenters. The molecule has 0 aliphatic carbocycles. The van der Waals surface area contributed by atoms with Crippen LogP contribution in [0.2, 0.25) is 0 Å². The molecule has 15 heavy (non-hydrogen) atoms. The molecular weight excluding hydrogens is 254 g/mol. The van der Waals surface area contributed by atoms with Gasteiger partial charge in [-0.15, -0.1) is 0 Å². The average molecular weight is 278 g/mol. The molecule has 0 spiro atoms. The van der Waals surface area contributed by atoms with Crippen molar-refractivity contribution in [3.63, 3.8) is 0 Å². The van der Waals surface area contributed by atoms with Crippen LogP contribution in [-0.2, 0) is 4.74 Å². The van der Waals surface area contributed by atoms with Crippen molar-refractivity contribution in [2.45, 2.75) is 45.8 Å². The molecule has 2 atom stereocenters. The Hall–Kier alpha value is 0.400. The minimum atomic E-state index is 0.00412. The van der Waals surface area contributed by atoms with E-state index < -0.39 is 0 Å². The second-order valence-corrected chi connectivity index (χ2v) is 6.01. The Morgan fingerprint density at radius 1 is 1.53 bits per heavy atom. The summed E-state index contributed by atoms with van der Waals surface area (Å²) in [5.41, 5.74) is 0.00412. The molecule has 0 aromatic rings.